The van der Waals surface area contributed by atoms with Crippen LogP contribution in [0.15, 0.2) is 60.7 Å². The zero-order valence-electron chi connectivity index (χ0n) is 13.3. The Morgan fingerprint density at radius 3 is 2.59 bits per heavy atom. The van der Waals surface area contributed by atoms with Crippen molar-refractivity contribution in [3.8, 4) is 0 Å². The van der Waals surface area contributed by atoms with Crippen LogP contribution in [0.25, 0.3) is 0 Å². The first-order valence-corrected chi connectivity index (χ1v) is 8.36. The molecule has 0 radical (unpaired) electrons. The molecule has 3 atom stereocenters. The quantitative estimate of drug-likeness (QED) is 0.706. The van der Waals surface area contributed by atoms with Crippen molar-refractivity contribution in [2.75, 3.05) is 5.32 Å². The number of fused-ring (bicyclic) bond motifs is 3. The lowest BCUT2D eigenvalue weighted by Crippen LogP contribution is -2.29. The van der Waals surface area contributed by atoms with Gasteiger partial charge in [0.25, 0.3) is 0 Å². The smallest absolute Gasteiger partial charge is 0.0554 e. The van der Waals surface area contributed by atoms with Crippen LogP contribution in [0.5, 0.6) is 0 Å². The predicted molar refractivity (Wildman–Crippen MR) is 93.3 cm³/mol. The van der Waals surface area contributed by atoms with Crippen LogP contribution in [0.1, 0.15) is 54.8 Å². The molecule has 1 aliphatic carbocycles. The Labute approximate surface area is 133 Å². The van der Waals surface area contributed by atoms with E-state index in [4.69, 9.17) is 0 Å². The molecule has 2 aromatic rings. The highest BCUT2D eigenvalue weighted by atomic mass is 15.0. The average Bonchev–Trinajstić information content (AvgIpc) is 3.04. The first-order chi connectivity index (χ1) is 10.8. The molecule has 0 spiro atoms. The average molecular weight is 289 g/mol. The van der Waals surface area contributed by atoms with Gasteiger partial charge in [-0.3, -0.25) is 0 Å². The van der Waals surface area contributed by atoms with Crippen LogP contribution in [-0.4, -0.2) is 0 Å². The van der Waals surface area contributed by atoms with Crippen LogP contribution in [-0.2, 0) is 0 Å². The van der Waals surface area contributed by atoms with E-state index in [9.17, 15) is 0 Å². The fourth-order valence-electron chi connectivity index (χ4n) is 4.12. The second kappa shape index (κ2) is 5.31. The molecule has 1 heteroatoms. The minimum atomic E-state index is 0.411. The first kappa shape index (κ1) is 13.6. The van der Waals surface area contributed by atoms with Crippen molar-refractivity contribution < 1.29 is 0 Å². The molecule has 1 aliphatic heterocycles. The lowest BCUT2D eigenvalue weighted by Gasteiger charge is -2.39. The summed E-state index contributed by atoms with van der Waals surface area (Å²) in [7, 11) is 0. The summed E-state index contributed by atoms with van der Waals surface area (Å²) in [5.41, 5.74) is 5.71. The van der Waals surface area contributed by atoms with Crippen molar-refractivity contribution in [2.45, 2.75) is 38.1 Å². The van der Waals surface area contributed by atoms with Gasteiger partial charge in [0, 0.05) is 11.6 Å². The van der Waals surface area contributed by atoms with Crippen LogP contribution in [0.3, 0.4) is 0 Å². The van der Waals surface area contributed by atoms with E-state index in [1.807, 2.05) is 0 Å². The summed E-state index contributed by atoms with van der Waals surface area (Å²) >= 11 is 0. The molecular weight excluding hydrogens is 266 g/mol. The molecule has 0 saturated heterocycles. The molecule has 112 valence electrons. The van der Waals surface area contributed by atoms with Crippen LogP contribution < -0.4 is 5.32 Å². The Morgan fingerprint density at radius 1 is 1.00 bits per heavy atom. The Morgan fingerprint density at radius 2 is 1.82 bits per heavy atom. The molecule has 2 aromatic carbocycles. The highest BCUT2D eigenvalue weighted by Crippen LogP contribution is 2.51. The normalized spacial score (nSPS) is 25.7. The van der Waals surface area contributed by atoms with Crippen LogP contribution >= 0.6 is 0 Å². The third kappa shape index (κ3) is 2.08. The summed E-state index contributed by atoms with van der Waals surface area (Å²) in [5, 5.41) is 3.89. The molecule has 1 heterocycles. The number of hydrogen-bond acceptors (Lipinski definition) is 1. The van der Waals surface area contributed by atoms with E-state index in [0.29, 0.717) is 23.8 Å². The number of hydrogen-bond donors (Lipinski definition) is 1. The van der Waals surface area contributed by atoms with Crippen molar-refractivity contribution in [3.63, 3.8) is 0 Å². The Balaban J connectivity index is 1.84. The first-order valence-electron chi connectivity index (χ1n) is 8.36. The van der Waals surface area contributed by atoms with Gasteiger partial charge in [0.2, 0.25) is 0 Å². The monoisotopic (exact) mass is 289 g/mol. The van der Waals surface area contributed by atoms with Crippen LogP contribution in [0, 0.1) is 5.92 Å². The van der Waals surface area contributed by atoms with Gasteiger partial charge in [0.05, 0.1) is 6.04 Å². The van der Waals surface area contributed by atoms with Crippen LogP contribution in [0.2, 0.25) is 0 Å². The topological polar surface area (TPSA) is 12.0 Å². The maximum absolute atomic E-state index is 3.89. The van der Waals surface area contributed by atoms with Crippen molar-refractivity contribution in [1.29, 1.82) is 0 Å². The maximum atomic E-state index is 3.89. The zero-order valence-corrected chi connectivity index (χ0v) is 13.3. The van der Waals surface area contributed by atoms with E-state index in [1.54, 1.807) is 0 Å². The number of rotatable bonds is 2. The van der Waals surface area contributed by atoms with Gasteiger partial charge < -0.3 is 5.32 Å². The van der Waals surface area contributed by atoms with Gasteiger partial charge in [-0.25, -0.2) is 0 Å². The molecule has 0 amide bonds. The minimum absolute atomic E-state index is 0.411. The Kier molecular flexibility index (Phi) is 3.29. The molecular formula is C21H23N. The summed E-state index contributed by atoms with van der Waals surface area (Å²) in [4.78, 5) is 0. The third-order valence-electron chi connectivity index (χ3n) is 5.21. The summed E-state index contributed by atoms with van der Waals surface area (Å²) in [6, 6.07) is 18.1. The molecule has 1 nitrogen and oxygen atoms in total. The van der Waals surface area contributed by atoms with Gasteiger partial charge in [-0.05, 0) is 34.9 Å². The number of anilines is 1. The fourth-order valence-corrected chi connectivity index (χ4v) is 4.12. The highest BCUT2D eigenvalue weighted by Gasteiger charge is 2.38. The lowest BCUT2D eigenvalue weighted by atomic mass is 9.75. The van der Waals surface area contributed by atoms with Gasteiger partial charge in [-0.2, -0.15) is 0 Å². The van der Waals surface area contributed by atoms with Crippen molar-refractivity contribution in [3.05, 3.63) is 77.4 Å². The number of benzene rings is 2. The van der Waals surface area contributed by atoms with Gasteiger partial charge >= 0.3 is 0 Å². The Hall–Kier alpha value is -2.02. The van der Waals surface area contributed by atoms with Gasteiger partial charge in [-0.15, -0.1) is 0 Å². The molecule has 22 heavy (non-hydrogen) atoms. The largest absolute Gasteiger partial charge is 0.377 e. The predicted octanol–water partition coefficient (Wildman–Crippen LogP) is 5.64. The molecule has 0 unspecified atom stereocenters. The molecule has 0 bridgehead atoms. The highest BCUT2D eigenvalue weighted by molar-refractivity contribution is 5.65. The molecule has 2 aliphatic rings. The van der Waals surface area contributed by atoms with E-state index in [-0.39, 0.29) is 0 Å². The summed E-state index contributed by atoms with van der Waals surface area (Å²) < 4.78 is 0. The number of allylic oxidation sites excluding steroid dienone is 2. The molecule has 1 N–H and O–H groups in total. The minimum Gasteiger partial charge on any atom is -0.377 e. The molecule has 0 fully saturated rings. The van der Waals surface area contributed by atoms with Gasteiger partial charge in [-0.1, -0.05) is 74.5 Å². The third-order valence-corrected chi connectivity index (χ3v) is 5.21. The van der Waals surface area contributed by atoms with E-state index in [0.717, 1.165) is 0 Å². The van der Waals surface area contributed by atoms with E-state index in [2.05, 4.69) is 79.8 Å². The second-order valence-electron chi connectivity index (χ2n) is 6.85. The lowest BCUT2D eigenvalue weighted by molar-refractivity contribution is 0.424. The van der Waals surface area contributed by atoms with Crippen molar-refractivity contribution >= 4 is 5.69 Å². The van der Waals surface area contributed by atoms with E-state index >= 15 is 0 Å². The van der Waals surface area contributed by atoms with Gasteiger partial charge in [0.1, 0.15) is 0 Å². The summed E-state index contributed by atoms with van der Waals surface area (Å²) in [5.74, 6) is 1.73. The van der Waals surface area contributed by atoms with Gasteiger partial charge in [0.15, 0.2) is 0 Å². The molecule has 0 saturated carbocycles. The standard InChI is InChI=1S/C21H23N/c1-14(2)16-10-6-13-19-17-11-7-12-18(17)20(22-21(16)19)15-8-4-3-5-9-15/h3-11,13-14,17-18,20,22H,12H2,1-2H3/t17-,18+,20+/m0/s1. The second-order valence-corrected chi connectivity index (χ2v) is 6.85. The molecule has 4 rings (SSSR count). The SMILES string of the molecule is CC(C)c1cccc2c1N[C@H](c1ccccc1)[C@@H]1CC=C[C@H]21. The maximum Gasteiger partial charge on any atom is 0.0554 e. The number of nitrogens with one attached hydrogen (secondary N) is 1. The number of para-hydroxylation sites is 1. The van der Waals surface area contributed by atoms with Crippen LogP contribution in [0.4, 0.5) is 5.69 Å². The summed E-state index contributed by atoms with van der Waals surface area (Å²) in [6.45, 7) is 4.57. The van der Waals surface area contributed by atoms with E-state index in [1.165, 1.54) is 28.8 Å². The van der Waals surface area contributed by atoms with Crippen molar-refractivity contribution in [1.82, 2.24) is 0 Å². The fraction of sp³-hybridized carbons (Fsp3) is 0.333. The molecule has 0 aromatic heterocycles. The zero-order chi connectivity index (χ0) is 15.1. The Bertz CT molecular complexity index is 699. The summed E-state index contributed by atoms with van der Waals surface area (Å²) in [6.07, 6.45) is 5.96. The van der Waals surface area contributed by atoms with Crippen molar-refractivity contribution in [2.24, 2.45) is 5.92 Å². The van der Waals surface area contributed by atoms with E-state index < -0.39 is 0 Å².